The first-order chi connectivity index (χ1) is 34.4. The number of aliphatic carboxylic acids is 1. The van der Waals surface area contributed by atoms with Gasteiger partial charge in [-0.3, -0.25) is 47.6 Å². The molecule has 3 unspecified atom stereocenters. The number of nitrogens with one attached hydrogen (secondary N) is 4. The Morgan fingerprint density at radius 3 is 2.12 bits per heavy atom. The van der Waals surface area contributed by atoms with E-state index in [0.29, 0.717) is 17.4 Å². The largest absolute Gasteiger partial charge is 1.00 e. The number of phosphoric acid groups is 2. The number of H-pyrrole nitrogens is 1. The number of carboxylic acids is 1. The molecule has 0 saturated carbocycles. The molecule has 1 aromatic heterocycles. The number of carbonyl (C=O) groups is 6. The smallest absolute Gasteiger partial charge is 0.862 e. The van der Waals surface area contributed by atoms with E-state index >= 15 is 0 Å². The summed E-state index contributed by atoms with van der Waals surface area (Å²) in [6.45, 7) is 2.20. The molecule has 0 aromatic carbocycles. The Hall–Kier alpha value is -3.38. The van der Waals surface area contributed by atoms with Crippen molar-refractivity contribution in [2.75, 3.05) is 19.8 Å². The summed E-state index contributed by atoms with van der Waals surface area (Å²) in [5, 5.41) is 82.3. The fraction of sp³-hybridized carbons (Fsp3) is 0.692. The molecule has 2 fully saturated rings. The Morgan fingerprint density at radius 1 is 0.882 bits per heavy atom. The number of aliphatic hydroxyl groups excluding tert-OH is 4. The van der Waals surface area contributed by atoms with Crippen molar-refractivity contribution in [2.45, 2.75) is 152 Å². The van der Waals surface area contributed by atoms with Gasteiger partial charge >= 0.3 is 86.4 Å². The number of aromatic amines is 1. The number of primary amides is 1. The van der Waals surface area contributed by atoms with Crippen LogP contribution in [0, 0.1) is 0 Å². The zero-order valence-electron chi connectivity index (χ0n) is 42.0. The number of nitrogens with two attached hydrogens (primary N) is 1. The maximum absolute atomic E-state index is 13.3. The number of hydrogen-bond donors (Lipinski definition) is 12. The Bertz CT molecular complexity index is 2430. The summed E-state index contributed by atoms with van der Waals surface area (Å²) in [4.78, 5) is 128. The number of carbonyl (C=O) groups excluding carboxylic acids is 5. The molecule has 15 atom stereocenters. The molecule has 0 radical (unpaired) electrons. The summed E-state index contributed by atoms with van der Waals surface area (Å²) < 4.78 is 56.8. The third-order valence-corrected chi connectivity index (χ3v) is 13.4. The number of rotatable bonds is 30. The minimum atomic E-state index is -5.95. The van der Waals surface area contributed by atoms with Crippen molar-refractivity contribution in [3.8, 4) is 0 Å². The zero-order chi connectivity index (χ0) is 55.8. The van der Waals surface area contributed by atoms with Gasteiger partial charge in [-0.2, -0.15) is 4.31 Å². The van der Waals surface area contributed by atoms with Crippen molar-refractivity contribution in [3.05, 3.63) is 33.1 Å². The van der Waals surface area contributed by atoms with Crippen LogP contribution < -0.4 is 102 Å². The number of ether oxygens (including phenoxy) is 3. The van der Waals surface area contributed by atoms with Crippen molar-refractivity contribution >= 4 is 62.8 Å². The van der Waals surface area contributed by atoms with Crippen molar-refractivity contribution < 1.29 is 170 Å². The molecule has 2 aliphatic rings. The van der Waals surface area contributed by atoms with Crippen molar-refractivity contribution in [1.82, 2.24) is 25.5 Å². The van der Waals surface area contributed by atoms with Crippen LogP contribution in [0.1, 0.15) is 78.9 Å². The van der Waals surface area contributed by atoms with Crippen LogP contribution in [0.5, 0.6) is 0 Å². The number of phosphoric ester groups is 2. The summed E-state index contributed by atoms with van der Waals surface area (Å²) in [5.74, 6) is -7.24. The van der Waals surface area contributed by atoms with Crippen LogP contribution in [0.4, 0.5) is 0 Å². The Labute approximate surface area is 476 Å². The van der Waals surface area contributed by atoms with Crippen LogP contribution in [0.15, 0.2) is 31.8 Å². The van der Waals surface area contributed by atoms with Crippen LogP contribution in [-0.2, 0) is 65.5 Å². The first-order valence-electron chi connectivity index (χ1n) is 22.4. The van der Waals surface area contributed by atoms with Crippen LogP contribution in [0.3, 0.4) is 0 Å². The summed E-state index contributed by atoms with van der Waals surface area (Å²) in [6.07, 6.45) is -16.5. The average molecular weight is 1150 g/mol. The Morgan fingerprint density at radius 2 is 1.54 bits per heavy atom. The van der Waals surface area contributed by atoms with Crippen LogP contribution in [0.25, 0.3) is 0 Å². The summed E-state index contributed by atoms with van der Waals surface area (Å²) in [5.41, 5.74) is 3.52. The van der Waals surface area contributed by atoms with Gasteiger partial charge < -0.3 is 91.2 Å². The number of aromatic nitrogens is 2. The van der Waals surface area contributed by atoms with Crippen LogP contribution in [0.2, 0.25) is 0 Å². The SMILES string of the molecule is CC(=O)CCC([O-])=NCCCC[C@H](NC(=O)CC[C@H](NC(=O)[C@H](C)NC(=O)C(C)O[C@H]1[C@H](O)[C@@H](CO)O[C@H](OP(=O)(O)OP(=O)(O)OC[C@H]2O[C@@H](n3ccc(=O)[nH]c3=O)[C@H](O)[C@@H]2O)[C@@H]1N=C(C)[O-])C(=O)O)C(N)=O.[Na+].[Na+]. The molecule has 13 N–H and O–H groups in total. The van der Waals surface area contributed by atoms with Crippen LogP contribution >= 0.6 is 15.6 Å². The predicted molar refractivity (Wildman–Crippen MR) is 242 cm³/mol. The molecule has 0 bridgehead atoms. The normalized spacial score (nSPS) is 25.9. The second-order valence-electron chi connectivity index (χ2n) is 16.7. The molecule has 0 spiro atoms. The van der Waals surface area contributed by atoms with Gasteiger partial charge in [0.15, 0.2) is 12.5 Å². The van der Waals surface area contributed by atoms with Gasteiger partial charge in [-0.25, -0.2) is 18.7 Å². The summed E-state index contributed by atoms with van der Waals surface area (Å²) >= 11 is 0. The average Bonchev–Trinajstić information content (AvgIpc) is 3.58. The van der Waals surface area contributed by atoms with Gasteiger partial charge in [0.2, 0.25) is 23.6 Å². The number of Topliss-reactive ketones (excluding diaryl/α,β-unsaturated/α-hetero) is 1. The Kier molecular flexibility index (Phi) is 30.3. The van der Waals surface area contributed by atoms with E-state index in [-0.39, 0.29) is 90.7 Å². The molecule has 33 nitrogen and oxygen atoms in total. The second kappa shape index (κ2) is 32.6. The molecule has 3 heterocycles. The van der Waals surface area contributed by atoms with Gasteiger partial charge in [-0.05, 0) is 71.6 Å². The molecule has 418 valence electrons. The fourth-order valence-electron chi connectivity index (χ4n) is 6.94. The fourth-order valence-corrected chi connectivity index (χ4v) is 9.10. The van der Waals surface area contributed by atoms with E-state index in [9.17, 15) is 93.0 Å². The third-order valence-electron chi connectivity index (χ3n) is 10.8. The number of unbranched alkanes of at least 4 members (excludes halogenated alkanes) is 1. The summed E-state index contributed by atoms with van der Waals surface area (Å²) in [6, 6.07) is -5.59. The molecular formula is C39H60N8Na2O25P2. The molecule has 3 rings (SSSR count). The third kappa shape index (κ3) is 22.8. The minimum absolute atomic E-state index is 0. The van der Waals surface area contributed by atoms with E-state index < -0.39 is 174 Å². The standard InChI is InChI=1S/C39H62N8O25P2.2Na/c1-17(49)8-10-25(51)41-13-6-5-7-21(33(40)57)44-26(52)11-9-22(37(60)61)45-34(58)18(2)42-35(59)19(3)68-32-28(43-20(4)50)38(70-23(15-48)30(32)55)71-74(65,66)72-73(63,64)67-16-24-29(54)31(56)36(69-24)47-14-12-27(53)46-39(47)62;;/h12,14,18-19,21-24,28-32,36,38,48,54-56H,5-11,13,15-16H2,1-4H3,(H2,40,57)(H,41,51)(H,42,59)(H,43,50)(H,44,52)(H,45,58)(H,60,61)(H,63,64)(H,65,66)(H,46,53,62);;/q;2*+1/p-2/t18-,19?,21-,22-,23+,24+,28+,29+,30+,31+,32+,36+,38+;;/m0../s1. The van der Waals surface area contributed by atoms with E-state index in [4.69, 9.17) is 24.5 Å². The maximum atomic E-state index is 13.3. The van der Waals surface area contributed by atoms with E-state index in [0.717, 1.165) is 33.0 Å². The zero-order valence-corrected chi connectivity index (χ0v) is 47.8. The molecule has 76 heavy (non-hydrogen) atoms. The number of aliphatic imine (C=N–C) groups is 2. The predicted octanol–water partition coefficient (Wildman–Crippen LogP) is -12.5. The van der Waals surface area contributed by atoms with Gasteiger partial charge in [-0.1, -0.05) is 0 Å². The number of carboxylic acid groups (broad SMARTS) is 1. The second-order valence-corrected chi connectivity index (χ2v) is 19.7. The maximum Gasteiger partial charge on any atom is 1.00 e. The van der Waals surface area contributed by atoms with Crippen molar-refractivity contribution in [1.29, 1.82) is 0 Å². The number of hydrogen-bond acceptors (Lipinski definition) is 24. The van der Waals surface area contributed by atoms with E-state index in [1.54, 1.807) is 0 Å². The topological polar surface area (TPSA) is 521 Å². The molecule has 2 saturated heterocycles. The van der Waals surface area contributed by atoms with Gasteiger partial charge in [-0.15, -0.1) is 0 Å². The van der Waals surface area contributed by atoms with Gasteiger partial charge in [0.25, 0.3) is 5.56 Å². The quantitative estimate of drug-likeness (QED) is 0.0112. The number of ketones is 1. The first kappa shape index (κ1) is 70.6. The number of amides is 4. The van der Waals surface area contributed by atoms with Crippen molar-refractivity contribution in [3.63, 3.8) is 0 Å². The van der Waals surface area contributed by atoms with E-state index in [1.807, 2.05) is 4.98 Å². The van der Waals surface area contributed by atoms with Gasteiger partial charge in [0, 0.05) is 31.6 Å². The molecule has 2 aliphatic heterocycles. The molecule has 1 aromatic rings. The van der Waals surface area contributed by atoms with E-state index in [2.05, 4.69) is 34.8 Å². The van der Waals surface area contributed by atoms with Gasteiger partial charge in [0.05, 0.1) is 13.2 Å². The monoisotopic (exact) mass is 1150 g/mol. The van der Waals surface area contributed by atoms with Crippen molar-refractivity contribution in [2.24, 2.45) is 15.7 Å². The Balaban J connectivity index is 0.0000144. The molecule has 4 amide bonds. The molecule has 37 heteroatoms. The first-order valence-corrected chi connectivity index (χ1v) is 25.4. The number of nitrogens with zero attached hydrogens (tertiary/aromatic N) is 3. The number of aliphatic hydroxyl groups is 4. The van der Waals surface area contributed by atoms with Crippen LogP contribution in [-0.4, -0.2) is 185 Å². The summed E-state index contributed by atoms with van der Waals surface area (Å²) in [7, 11) is -11.7. The molecule has 0 aliphatic carbocycles. The molecular weight excluding hydrogens is 1090 g/mol. The van der Waals surface area contributed by atoms with Gasteiger partial charge in [0.1, 0.15) is 72.7 Å². The van der Waals surface area contributed by atoms with E-state index in [1.165, 1.54) is 6.92 Å². The minimum Gasteiger partial charge on any atom is -0.862 e.